The van der Waals surface area contributed by atoms with Gasteiger partial charge in [-0.2, -0.15) is 0 Å². The number of carbonyl (C=O) groups excluding carboxylic acids is 2. The number of benzene rings is 1. The smallest absolute Gasteiger partial charge is 0.326 e. The lowest BCUT2D eigenvalue weighted by molar-refractivity contribution is -0.139. The number of aliphatic carboxylic acids is 1. The Morgan fingerprint density at radius 1 is 1.35 bits per heavy atom. The van der Waals surface area contributed by atoms with Gasteiger partial charge < -0.3 is 21.9 Å². The van der Waals surface area contributed by atoms with Gasteiger partial charge >= 0.3 is 5.97 Å². The zero-order chi connectivity index (χ0) is 15.3. The predicted octanol–water partition coefficient (Wildman–Crippen LogP) is 0.0257. The lowest BCUT2D eigenvalue weighted by Crippen LogP contribution is -2.41. The fourth-order valence-corrected chi connectivity index (χ4v) is 1.57. The Labute approximate surface area is 115 Å². The molecule has 0 bridgehead atoms. The van der Waals surface area contributed by atoms with Gasteiger partial charge in [-0.1, -0.05) is 6.07 Å². The summed E-state index contributed by atoms with van der Waals surface area (Å²) < 4.78 is 0. The van der Waals surface area contributed by atoms with Crippen LogP contribution in [0.5, 0.6) is 0 Å². The molecule has 1 atom stereocenters. The van der Waals surface area contributed by atoms with Crippen LogP contribution in [0.25, 0.3) is 0 Å². The number of nitrogens with one attached hydrogen (secondary N) is 1. The van der Waals surface area contributed by atoms with Crippen molar-refractivity contribution < 1.29 is 19.5 Å². The number of nitrogens with two attached hydrogens (primary N) is 2. The molecule has 1 unspecified atom stereocenters. The van der Waals surface area contributed by atoms with E-state index in [9.17, 15) is 14.4 Å². The summed E-state index contributed by atoms with van der Waals surface area (Å²) in [6.07, 6.45) is -0.176. The maximum atomic E-state index is 11.9. The van der Waals surface area contributed by atoms with E-state index in [2.05, 4.69) is 5.32 Å². The number of carboxylic acids is 1. The zero-order valence-corrected chi connectivity index (χ0v) is 11.1. The molecule has 0 saturated heterocycles. The van der Waals surface area contributed by atoms with Crippen LogP contribution in [0, 0.1) is 6.92 Å². The minimum atomic E-state index is -1.22. The molecule has 0 aliphatic carbocycles. The van der Waals surface area contributed by atoms with Crippen LogP contribution in [0.2, 0.25) is 0 Å². The first-order valence-corrected chi connectivity index (χ1v) is 5.99. The van der Waals surface area contributed by atoms with Crippen molar-refractivity contribution in [1.82, 2.24) is 5.32 Å². The molecular weight excluding hydrogens is 262 g/mol. The zero-order valence-electron chi connectivity index (χ0n) is 11.1. The van der Waals surface area contributed by atoms with E-state index in [0.29, 0.717) is 5.69 Å². The average molecular weight is 279 g/mol. The van der Waals surface area contributed by atoms with Crippen molar-refractivity contribution in [3.05, 3.63) is 29.3 Å². The number of hydrogen-bond donors (Lipinski definition) is 4. The number of carboxylic acid groups (broad SMARTS) is 1. The lowest BCUT2D eigenvalue weighted by atomic mass is 10.1. The number of hydrogen-bond acceptors (Lipinski definition) is 4. The minimum Gasteiger partial charge on any atom is -0.480 e. The number of carbonyl (C=O) groups is 3. The third-order valence-electron chi connectivity index (χ3n) is 2.82. The van der Waals surface area contributed by atoms with Crippen molar-refractivity contribution in [1.29, 1.82) is 0 Å². The van der Waals surface area contributed by atoms with E-state index < -0.39 is 23.8 Å². The second-order valence-corrected chi connectivity index (χ2v) is 4.44. The van der Waals surface area contributed by atoms with Gasteiger partial charge in [0, 0.05) is 17.7 Å². The van der Waals surface area contributed by atoms with Gasteiger partial charge in [0.05, 0.1) is 0 Å². The van der Waals surface area contributed by atoms with Crippen molar-refractivity contribution in [2.75, 3.05) is 5.73 Å². The van der Waals surface area contributed by atoms with E-state index in [1.165, 1.54) is 6.07 Å². The Balaban J connectivity index is 2.77. The molecule has 0 aliphatic rings. The summed E-state index contributed by atoms with van der Waals surface area (Å²) in [5.41, 5.74) is 12.2. The normalized spacial score (nSPS) is 11.7. The Kier molecular flexibility index (Phi) is 5.08. The van der Waals surface area contributed by atoms with Crippen LogP contribution >= 0.6 is 0 Å². The van der Waals surface area contributed by atoms with Gasteiger partial charge in [-0.3, -0.25) is 9.59 Å². The minimum absolute atomic E-state index is 0.0578. The highest BCUT2D eigenvalue weighted by molar-refractivity contribution is 5.97. The van der Waals surface area contributed by atoms with Gasteiger partial charge in [0.25, 0.3) is 5.91 Å². The highest BCUT2D eigenvalue weighted by atomic mass is 16.4. The molecular formula is C13H17N3O4. The van der Waals surface area contributed by atoms with Crippen LogP contribution in [-0.4, -0.2) is 28.9 Å². The monoisotopic (exact) mass is 279 g/mol. The standard InChI is InChI=1S/C13H17N3O4/c1-7-2-3-8(6-9(7)14)12(18)16-10(13(19)20)4-5-11(15)17/h2-3,6,10H,4-5,14H2,1H3,(H2,15,17)(H,16,18)(H,19,20). The molecule has 1 aromatic rings. The molecule has 0 radical (unpaired) electrons. The summed E-state index contributed by atoms with van der Waals surface area (Å²) in [5.74, 6) is -2.40. The van der Waals surface area contributed by atoms with Crippen LogP contribution in [0.4, 0.5) is 5.69 Å². The number of nitrogen functional groups attached to an aromatic ring is 1. The Hall–Kier alpha value is -2.57. The molecule has 2 amide bonds. The molecule has 7 nitrogen and oxygen atoms in total. The summed E-state index contributed by atoms with van der Waals surface area (Å²) in [6, 6.07) is 3.52. The molecule has 0 fully saturated rings. The third kappa shape index (κ3) is 4.27. The van der Waals surface area contributed by atoms with Crippen LogP contribution < -0.4 is 16.8 Å². The van der Waals surface area contributed by atoms with Crippen LogP contribution in [0.15, 0.2) is 18.2 Å². The van der Waals surface area contributed by atoms with Crippen LogP contribution in [0.3, 0.4) is 0 Å². The van der Waals surface area contributed by atoms with Crippen LogP contribution in [0.1, 0.15) is 28.8 Å². The number of aryl methyl sites for hydroxylation is 1. The molecule has 20 heavy (non-hydrogen) atoms. The van der Waals surface area contributed by atoms with Gasteiger partial charge in [-0.15, -0.1) is 0 Å². The number of amides is 2. The highest BCUT2D eigenvalue weighted by Crippen LogP contribution is 2.13. The third-order valence-corrected chi connectivity index (χ3v) is 2.82. The highest BCUT2D eigenvalue weighted by Gasteiger charge is 2.21. The van der Waals surface area contributed by atoms with Crippen molar-refractivity contribution in [3.8, 4) is 0 Å². The summed E-state index contributed by atoms with van der Waals surface area (Å²) in [6.45, 7) is 1.80. The fourth-order valence-electron chi connectivity index (χ4n) is 1.57. The molecule has 0 saturated carbocycles. The first-order chi connectivity index (χ1) is 9.31. The van der Waals surface area contributed by atoms with E-state index >= 15 is 0 Å². The van der Waals surface area contributed by atoms with Gasteiger partial charge in [-0.25, -0.2) is 4.79 Å². The molecule has 1 rings (SSSR count). The topological polar surface area (TPSA) is 136 Å². The predicted molar refractivity (Wildman–Crippen MR) is 72.9 cm³/mol. The first-order valence-electron chi connectivity index (χ1n) is 5.99. The number of rotatable bonds is 6. The maximum Gasteiger partial charge on any atom is 0.326 e. The second kappa shape index (κ2) is 6.55. The molecule has 0 heterocycles. The fraction of sp³-hybridized carbons (Fsp3) is 0.308. The van der Waals surface area contributed by atoms with E-state index in [4.69, 9.17) is 16.6 Å². The van der Waals surface area contributed by atoms with Crippen molar-refractivity contribution in [2.24, 2.45) is 5.73 Å². The Bertz CT molecular complexity index is 542. The Morgan fingerprint density at radius 2 is 2.00 bits per heavy atom. The molecule has 6 N–H and O–H groups in total. The maximum absolute atomic E-state index is 11.9. The lowest BCUT2D eigenvalue weighted by Gasteiger charge is -2.14. The molecule has 7 heteroatoms. The average Bonchev–Trinajstić information content (AvgIpc) is 2.36. The first kappa shape index (κ1) is 15.5. The van der Waals surface area contributed by atoms with E-state index in [-0.39, 0.29) is 18.4 Å². The summed E-state index contributed by atoms with van der Waals surface area (Å²) in [4.78, 5) is 33.6. The number of primary amides is 1. The largest absolute Gasteiger partial charge is 0.480 e. The Morgan fingerprint density at radius 3 is 2.50 bits per heavy atom. The van der Waals surface area contributed by atoms with E-state index in [1.807, 2.05) is 0 Å². The summed E-state index contributed by atoms with van der Waals surface area (Å²) >= 11 is 0. The van der Waals surface area contributed by atoms with Gasteiger partial charge in [0.15, 0.2) is 0 Å². The molecule has 1 aromatic carbocycles. The van der Waals surface area contributed by atoms with E-state index in [1.54, 1.807) is 19.1 Å². The van der Waals surface area contributed by atoms with Crippen LogP contribution in [-0.2, 0) is 9.59 Å². The van der Waals surface area contributed by atoms with Crippen molar-refractivity contribution in [3.63, 3.8) is 0 Å². The van der Waals surface area contributed by atoms with Crippen molar-refractivity contribution in [2.45, 2.75) is 25.8 Å². The number of anilines is 1. The summed E-state index contributed by atoms with van der Waals surface area (Å²) in [7, 11) is 0. The second-order valence-electron chi connectivity index (χ2n) is 4.44. The van der Waals surface area contributed by atoms with E-state index in [0.717, 1.165) is 5.56 Å². The SMILES string of the molecule is Cc1ccc(C(=O)NC(CCC(N)=O)C(=O)O)cc1N. The quantitative estimate of drug-likeness (QED) is 0.544. The molecule has 0 spiro atoms. The van der Waals surface area contributed by atoms with Gasteiger partial charge in [-0.05, 0) is 31.0 Å². The molecule has 108 valence electrons. The van der Waals surface area contributed by atoms with Gasteiger partial charge in [0.2, 0.25) is 5.91 Å². The van der Waals surface area contributed by atoms with Gasteiger partial charge in [0.1, 0.15) is 6.04 Å². The summed E-state index contributed by atoms with van der Waals surface area (Å²) in [5, 5.41) is 11.3. The molecule has 0 aromatic heterocycles. The van der Waals surface area contributed by atoms with Crippen molar-refractivity contribution >= 4 is 23.5 Å². The molecule has 0 aliphatic heterocycles.